The molecule has 1 aliphatic rings. The van der Waals surface area contributed by atoms with Gasteiger partial charge in [0.05, 0.1) is 0 Å². The van der Waals surface area contributed by atoms with Crippen molar-refractivity contribution in [2.45, 2.75) is 19.3 Å². The molecule has 0 N–H and O–H groups in total. The van der Waals surface area contributed by atoms with Crippen LogP contribution in [0.5, 0.6) is 0 Å². The monoisotopic (exact) mass is 1880 g/mol. The van der Waals surface area contributed by atoms with Crippen LogP contribution in [0.2, 0.25) is 0 Å². The van der Waals surface area contributed by atoms with Crippen LogP contribution in [0.25, 0.3) is 296 Å². The minimum atomic E-state index is -0.0969. The molecule has 0 amide bonds. The number of fused-ring (bicyclic) bond motifs is 31. The normalized spacial score (nSPS) is 12.4. The first kappa shape index (κ1) is 83.9. The fourth-order valence-electron chi connectivity index (χ4n) is 22.5. The highest BCUT2D eigenvalue weighted by Gasteiger charge is 2.39. The summed E-state index contributed by atoms with van der Waals surface area (Å²) in [5.41, 5.74) is 17.4. The largest absolute Gasteiger partial charge is 0.456 e. The van der Waals surface area contributed by atoms with Crippen LogP contribution in [0.3, 0.4) is 0 Å². The molecule has 11 nitrogen and oxygen atoms in total. The second-order valence-electron chi connectivity index (χ2n) is 38.5. The van der Waals surface area contributed by atoms with Gasteiger partial charge in [-0.15, -0.1) is 11.3 Å². The molecule has 24 aromatic carbocycles. The van der Waals surface area contributed by atoms with E-state index in [9.17, 15) is 0 Å². The van der Waals surface area contributed by atoms with Gasteiger partial charge in [0, 0.05) is 97.2 Å². The van der Waals surface area contributed by atoms with Gasteiger partial charge in [0.2, 0.25) is 0 Å². The molecule has 1 aliphatic carbocycles. The summed E-state index contributed by atoms with van der Waals surface area (Å²) in [4.78, 5) is 45.2. The van der Waals surface area contributed by atoms with E-state index in [1.165, 1.54) is 134 Å². The maximum atomic E-state index is 6.29. The average molecular weight is 1880 g/mol. The highest BCUT2D eigenvalue weighted by molar-refractivity contribution is 7.25. The Morgan fingerprint density at radius 3 is 1.00 bits per heavy atom. The molecule has 0 aliphatic heterocycles. The molecule has 0 unspecified atom stereocenters. The molecule has 6 aromatic heterocycles. The smallest absolute Gasteiger partial charge is 0.164 e. The van der Waals surface area contributed by atoms with Crippen molar-refractivity contribution in [1.82, 2.24) is 44.9 Å². The Hall–Kier alpha value is -19.0. The van der Waals surface area contributed by atoms with Crippen molar-refractivity contribution < 1.29 is 8.83 Å². The third-order valence-corrected chi connectivity index (χ3v) is 30.7. The van der Waals surface area contributed by atoms with Gasteiger partial charge >= 0.3 is 0 Å². The SMILES string of the molecule is CC1(C)c2ccccc2-c2c1c1ccccc1c1c2ccc2cc(-c3nc(-c4ccccc4)nc(-c4ccc5c(c4)oc4ccccc45)n3)ccc21.c1ccc(-c2nc(-c3ccc4ccccc4c3)nc(-c3ccc4c(ccc5ccc6cc7c(cc6c54)oc4ccccc47)c3)n2)cc1.c1ccc(-c2nc(-c3ccc4ccccc4c3)nc(-c3ccc4c(ccc5ccc6cc7c(cc6c54)sc4ccccc47)c3)n2)cc1. The van der Waals surface area contributed by atoms with Gasteiger partial charge in [0.1, 0.15) is 22.3 Å². The highest BCUT2D eigenvalue weighted by Crippen LogP contribution is 2.56. The van der Waals surface area contributed by atoms with E-state index < -0.39 is 0 Å². The summed E-state index contributed by atoms with van der Waals surface area (Å²) in [6.07, 6.45) is 0. The Morgan fingerprint density at radius 1 is 0.178 bits per heavy atom. The number of hydrogen-bond donors (Lipinski definition) is 0. The van der Waals surface area contributed by atoms with Crippen molar-refractivity contribution in [3.05, 3.63) is 466 Å². The summed E-state index contributed by atoms with van der Waals surface area (Å²) in [6.45, 7) is 4.73. The van der Waals surface area contributed by atoms with Gasteiger partial charge in [0.25, 0.3) is 0 Å². The van der Waals surface area contributed by atoms with Gasteiger partial charge in [0.15, 0.2) is 52.4 Å². The molecular formula is C134H81N9O2S. The summed E-state index contributed by atoms with van der Waals surface area (Å²) >= 11 is 1.87. The van der Waals surface area contributed by atoms with Crippen LogP contribution in [0.15, 0.2) is 464 Å². The van der Waals surface area contributed by atoms with E-state index in [4.69, 9.17) is 53.7 Å². The van der Waals surface area contributed by atoms with E-state index in [1.807, 2.05) is 127 Å². The lowest BCUT2D eigenvalue weighted by molar-refractivity contribution is 0.666. The molecule has 6 heterocycles. The average Bonchev–Trinajstić information content (AvgIpc) is 1.53. The Kier molecular flexibility index (Phi) is 19.3. The first-order chi connectivity index (χ1) is 72.0. The van der Waals surface area contributed by atoms with Crippen molar-refractivity contribution in [1.29, 1.82) is 0 Å². The molecule has 0 atom stereocenters. The van der Waals surface area contributed by atoms with E-state index in [2.05, 4.69) is 354 Å². The topological polar surface area (TPSA) is 142 Å². The van der Waals surface area contributed by atoms with E-state index in [0.29, 0.717) is 52.4 Å². The van der Waals surface area contributed by atoms with Crippen molar-refractivity contribution in [2.24, 2.45) is 0 Å². The molecule has 30 aromatic rings. The van der Waals surface area contributed by atoms with Crippen molar-refractivity contribution in [3.8, 4) is 114 Å². The van der Waals surface area contributed by atoms with E-state index in [-0.39, 0.29) is 5.41 Å². The third-order valence-electron chi connectivity index (χ3n) is 29.6. The number of benzene rings is 24. The standard InChI is InChI=1S/C48H31N3O.C43H25N3O.C43H25N3S/c1-48(2)39-18-10-8-17-37(39)43-38-25-20-29-26-30(21-23-32(29)42(38)35-15-6-7-16-36(35)44(43)48)46-49-45(28-12-4-3-5-13-28)50-47(51-46)31-22-24-34-33-14-9-11-19-40(33)52-41(34)27-31;2*1-2-9-28(10-3-1)41-44-42(32-19-14-26-8-4-5-11-29(26)22-32)46-43(45-41)33-20-21-34-30(23-33)17-15-27-16-18-31-24-37-35-12-6-7-13-38(35)47-39(37)25-36(31)40(27)34/h3-27H,1-2H3;2*1-25H. The number of rotatable bonds is 9. The van der Waals surface area contributed by atoms with Crippen LogP contribution in [-0.4, -0.2) is 44.9 Å². The predicted octanol–water partition coefficient (Wildman–Crippen LogP) is 35.8. The van der Waals surface area contributed by atoms with Crippen molar-refractivity contribution in [2.75, 3.05) is 0 Å². The summed E-state index contributed by atoms with van der Waals surface area (Å²) in [7, 11) is 0. The molecule has 0 bridgehead atoms. The van der Waals surface area contributed by atoms with Crippen LogP contribution in [0, 0.1) is 0 Å². The Bertz CT molecular complexity index is 10300. The van der Waals surface area contributed by atoms with Crippen molar-refractivity contribution in [3.63, 3.8) is 0 Å². The van der Waals surface area contributed by atoms with Gasteiger partial charge in [-0.1, -0.05) is 384 Å². The van der Waals surface area contributed by atoms with Gasteiger partial charge < -0.3 is 8.83 Å². The van der Waals surface area contributed by atoms with E-state index in [0.717, 1.165) is 121 Å². The zero-order valence-electron chi connectivity index (χ0n) is 79.1. The Labute approximate surface area is 840 Å². The maximum absolute atomic E-state index is 6.29. The number of para-hydroxylation sites is 2. The summed E-state index contributed by atoms with van der Waals surface area (Å²) in [5.74, 6) is 5.80. The molecule has 146 heavy (non-hydrogen) atoms. The van der Waals surface area contributed by atoms with Gasteiger partial charge in [-0.05, 0) is 226 Å². The van der Waals surface area contributed by atoms with Crippen LogP contribution in [0.1, 0.15) is 25.0 Å². The molecule has 680 valence electrons. The summed E-state index contributed by atoms with van der Waals surface area (Å²) < 4.78 is 15.2. The summed E-state index contributed by atoms with van der Waals surface area (Å²) in [6, 6.07) is 160. The number of hydrogen-bond acceptors (Lipinski definition) is 12. The number of nitrogens with zero attached hydrogens (tertiary/aromatic N) is 9. The Morgan fingerprint density at radius 2 is 0.500 bits per heavy atom. The second-order valence-corrected chi connectivity index (χ2v) is 39.6. The number of thiophene rings is 1. The van der Waals surface area contributed by atoms with Gasteiger partial charge in [-0.2, -0.15) is 0 Å². The molecule has 12 heteroatoms. The lowest BCUT2D eigenvalue weighted by Crippen LogP contribution is -2.15. The zero-order chi connectivity index (χ0) is 96.3. The van der Waals surface area contributed by atoms with Gasteiger partial charge in [-0.3, -0.25) is 0 Å². The first-order valence-electron chi connectivity index (χ1n) is 49.3. The fraction of sp³-hybridized carbons (Fsp3) is 0.0224. The van der Waals surface area contributed by atoms with Crippen LogP contribution >= 0.6 is 11.3 Å². The lowest BCUT2D eigenvalue weighted by Gasteiger charge is -2.24. The lowest BCUT2D eigenvalue weighted by atomic mass is 9.79. The minimum absolute atomic E-state index is 0.0969. The first-order valence-corrected chi connectivity index (χ1v) is 50.1. The molecule has 0 spiro atoms. The number of furan rings is 2. The Balaban J connectivity index is 0.000000104. The summed E-state index contributed by atoms with van der Waals surface area (Å²) in [5, 5.41) is 33.9. The molecule has 0 saturated heterocycles. The quantitative estimate of drug-likeness (QED) is 0.127. The van der Waals surface area contributed by atoms with Gasteiger partial charge in [-0.25, -0.2) is 44.9 Å². The molecule has 0 fully saturated rings. The predicted molar refractivity (Wildman–Crippen MR) is 606 cm³/mol. The van der Waals surface area contributed by atoms with Crippen LogP contribution in [-0.2, 0) is 5.41 Å². The highest BCUT2D eigenvalue weighted by atomic mass is 32.1. The van der Waals surface area contributed by atoms with Crippen LogP contribution < -0.4 is 0 Å². The van der Waals surface area contributed by atoms with E-state index >= 15 is 0 Å². The number of aromatic nitrogens is 9. The fourth-order valence-corrected chi connectivity index (χ4v) is 23.7. The van der Waals surface area contributed by atoms with Crippen LogP contribution in [0.4, 0.5) is 0 Å². The molecule has 0 radical (unpaired) electrons. The maximum Gasteiger partial charge on any atom is 0.164 e. The molecule has 31 rings (SSSR count). The second kappa shape index (κ2) is 33.6. The van der Waals surface area contributed by atoms with Crippen molar-refractivity contribution >= 4 is 194 Å². The third kappa shape index (κ3) is 14.1. The zero-order valence-corrected chi connectivity index (χ0v) is 79.9. The molecule has 0 saturated carbocycles. The minimum Gasteiger partial charge on any atom is -0.456 e. The molecular weight excluding hydrogens is 1800 g/mol. The van der Waals surface area contributed by atoms with E-state index in [1.54, 1.807) is 0 Å².